The predicted molar refractivity (Wildman–Crippen MR) is 72.0 cm³/mol. The van der Waals surface area contributed by atoms with Crippen LogP contribution < -0.4 is 10.2 Å². The standard InChI is InChI=1S/C13H17ClN2O2/c1-8-6-15-13(18)12(7-17)16(8)11-5-3-4-10(14)9(11)2/h3-5,8,12,17H,6-7H2,1-2H3,(H,15,18). The minimum absolute atomic E-state index is 0.122. The molecule has 2 atom stereocenters. The molecule has 1 amide bonds. The molecule has 5 heteroatoms. The van der Waals surface area contributed by atoms with Crippen LogP contribution in [0.5, 0.6) is 0 Å². The summed E-state index contributed by atoms with van der Waals surface area (Å²) >= 11 is 6.12. The monoisotopic (exact) mass is 268 g/mol. The van der Waals surface area contributed by atoms with E-state index in [4.69, 9.17) is 11.6 Å². The molecule has 18 heavy (non-hydrogen) atoms. The van der Waals surface area contributed by atoms with E-state index in [1.807, 2.05) is 36.9 Å². The van der Waals surface area contributed by atoms with E-state index in [0.29, 0.717) is 11.6 Å². The fourth-order valence-electron chi connectivity index (χ4n) is 2.35. The summed E-state index contributed by atoms with van der Waals surface area (Å²) in [5.41, 5.74) is 1.84. The normalized spacial score (nSPS) is 24.0. The summed E-state index contributed by atoms with van der Waals surface area (Å²) in [5.74, 6) is -0.144. The first-order valence-corrected chi connectivity index (χ1v) is 6.36. The van der Waals surface area contributed by atoms with E-state index in [0.717, 1.165) is 11.3 Å². The van der Waals surface area contributed by atoms with E-state index < -0.39 is 6.04 Å². The summed E-state index contributed by atoms with van der Waals surface area (Å²) < 4.78 is 0. The van der Waals surface area contributed by atoms with Crippen LogP contribution in [0.25, 0.3) is 0 Å². The summed E-state index contributed by atoms with van der Waals surface area (Å²) in [6, 6.07) is 5.18. The highest BCUT2D eigenvalue weighted by atomic mass is 35.5. The third-order valence-electron chi connectivity index (χ3n) is 3.38. The number of halogens is 1. The number of nitrogens with zero attached hydrogens (tertiary/aromatic N) is 1. The number of rotatable bonds is 2. The number of carbonyl (C=O) groups is 1. The molecule has 2 rings (SSSR count). The van der Waals surface area contributed by atoms with Crippen molar-refractivity contribution in [2.45, 2.75) is 25.9 Å². The summed E-state index contributed by atoms with van der Waals surface area (Å²) in [6.45, 7) is 4.30. The second kappa shape index (κ2) is 5.16. The third-order valence-corrected chi connectivity index (χ3v) is 3.78. The Morgan fingerprint density at radius 1 is 1.56 bits per heavy atom. The predicted octanol–water partition coefficient (Wildman–Crippen LogP) is 1.33. The number of hydrogen-bond acceptors (Lipinski definition) is 3. The Hall–Kier alpha value is -1.26. The van der Waals surface area contributed by atoms with Crippen molar-refractivity contribution in [3.05, 3.63) is 28.8 Å². The van der Waals surface area contributed by atoms with Gasteiger partial charge in [0.2, 0.25) is 5.91 Å². The molecule has 0 radical (unpaired) electrons. The summed E-state index contributed by atoms with van der Waals surface area (Å²) in [5, 5.41) is 12.9. The molecule has 1 aliphatic heterocycles. The number of aliphatic hydroxyl groups excluding tert-OH is 1. The van der Waals surface area contributed by atoms with Gasteiger partial charge in [-0.1, -0.05) is 17.7 Å². The van der Waals surface area contributed by atoms with Gasteiger partial charge in [-0.25, -0.2) is 0 Å². The van der Waals surface area contributed by atoms with Crippen molar-refractivity contribution in [1.82, 2.24) is 5.32 Å². The zero-order valence-corrected chi connectivity index (χ0v) is 11.2. The molecule has 4 nitrogen and oxygen atoms in total. The van der Waals surface area contributed by atoms with Gasteiger partial charge in [-0.3, -0.25) is 4.79 Å². The molecule has 98 valence electrons. The third kappa shape index (κ3) is 2.18. The van der Waals surface area contributed by atoms with Crippen LogP contribution in [0, 0.1) is 6.92 Å². The fourth-order valence-corrected chi connectivity index (χ4v) is 2.52. The summed E-state index contributed by atoms with van der Waals surface area (Å²) in [7, 11) is 0. The molecule has 2 N–H and O–H groups in total. The summed E-state index contributed by atoms with van der Waals surface area (Å²) in [4.78, 5) is 13.7. The maximum Gasteiger partial charge on any atom is 0.245 e. The van der Waals surface area contributed by atoms with Crippen molar-refractivity contribution in [2.24, 2.45) is 0 Å². The van der Waals surface area contributed by atoms with Crippen LogP contribution >= 0.6 is 11.6 Å². The molecule has 1 saturated heterocycles. The molecular weight excluding hydrogens is 252 g/mol. The van der Waals surface area contributed by atoms with Gasteiger partial charge in [0.05, 0.1) is 6.61 Å². The van der Waals surface area contributed by atoms with Crippen LogP contribution in [-0.4, -0.2) is 36.2 Å². The molecule has 1 aliphatic rings. The van der Waals surface area contributed by atoms with E-state index in [1.54, 1.807) is 0 Å². The van der Waals surface area contributed by atoms with E-state index >= 15 is 0 Å². The highest BCUT2D eigenvalue weighted by Gasteiger charge is 2.34. The van der Waals surface area contributed by atoms with Gasteiger partial charge in [0.15, 0.2) is 0 Å². The molecule has 0 bridgehead atoms. The van der Waals surface area contributed by atoms with Gasteiger partial charge in [-0.2, -0.15) is 0 Å². The second-order valence-electron chi connectivity index (χ2n) is 4.58. The number of carbonyl (C=O) groups excluding carboxylic acids is 1. The fraction of sp³-hybridized carbons (Fsp3) is 0.462. The molecule has 2 unspecified atom stereocenters. The van der Waals surface area contributed by atoms with Crippen molar-refractivity contribution in [1.29, 1.82) is 0 Å². The molecule has 0 saturated carbocycles. The first-order valence-electron chi connectivity index (χ1n) is 5.98. The number of hydrogen-bond donors (Lipinski definition) is 2. The Morgan fingerprint density at radius 3 is 2.94 bits per heavy atom. The van der Waals surface area contributed by atoms with Gasteiger partial charge >= 0.3 is 0 Å². The smallest absolute Gasteiger partial charge is 0.245 e. The van der Waals surface area contributed by atoms with Crippen LogP contribution in [0.3, 0.4) is 0 Å². The number of aliphatic hydroxyl groups is 1. The van der Waals surface area contributed by atoms with Crippen LogP contribution in [0.15, 0.2) is 18.2 Å². The second-order valence-corrected chi connectivity index (χ2v) is 4.99. The molecule has 0 spiro atoms. The van der Waals surface area contributed by atoms with Gasteiger partial charge in [0, 0.05) is 23.3 Å². The molecule has 1 aromatic rings. The van der Waals surface area contributed by atoms with Crippen LogP contribution in [0.1, 0.15) is 12.5 Å². The van der Waals surface area contributed by atoms with E-state index in [2.05, 4.69) is 5.32 Å². The molecule has 1 fully saturated rings. The zero-order chi connectivity index (χ0) is 13.3. The van der Waals surface area contributed by atoms with E-state index in [9.17, 15) is 9.90 Å². The Morgan fingerprint density at radius 2 is 2.28 bits per heavy atom. The maximum atomic E-state index is 11.8. The van der Waals surface area contributed by atoms with Gasteiger partial charge in [0.25, 0.3) is 0 Å². The van der Waals surface area contributed by atoms with Crippen molar-refractivity contribution < 1.29 is 9.90 Å². The lowest BCUT2D eigenvalue weighted by molar-refractivity contribution is -0.124. The zero-order valence-electron chi connectivity index (χ0n) is 10.5. The first-order chi connectivity index (χ1) is 8.56. The lowest BCUT2D eigenvalue weighted by Gasteiger charge is -2.41. The van der Waals surface area contributed by atoms with Gasteiger partial charge in [-0.15, -0.1) is 0 Å². The molecule has 1 aromatic carbocycles. The SMILES string of the molecule is Cc1c(Cl)cccc1N1C(C)CNC(=O)C1CO. The number of nitrogens with one attached hydrogen (secondary N) is 1. The summed E-state index contributed by atoms with van der Waals surface area (Å²) in [6.07, 6.45) is 0. The number of amides is 1. The minimum atomic E-state index is -0.550. The lowest BCUT2D eigenvalue weighted by atomic mass is 10.0. The van der Waals surface area contributed by atoms with Crippen molar-refractivity contribution in [3.8, 4) is 0 Å². The molecule has 0 aromatic heterocycles. The average molecular weight is 269 g/mol. The number of benzene rings is 1. The van der Waals surface area contributed by atoms with E-state index in [1.165, 1.54) is 0 Å². The average Bonchev–Trinajstić information content (AvgIpc) is 2.36. The molecule has 1 heterocycles. The topological polar surface area (TPSA) is 52.6 Å². The first kappa shape index (κ1) is 13.2. The van der Waals surface area contributed by atoms with Gasteiger partial charge in [-0.05, 0) is 31.5 Å². The largest absolute Gasteiger partial charge is 0.394 e. The maximum absolute atomic E-state index is 11.8. The van der Waals surface area contributed by atoms with Crippen molar-refractivity contribution in [3.63, 3.8) is 0 Å². The van der Waals surface area contributed by atoms with Gasteiger partial charge < -0.3 is 15.3 Å². The highest BCUT2D eigenvalue weighted by molar-refractivity contribution is 6.31. The van der Waals surface area contributed by atoms with Gasteiger partial charge in [0.1, 0.15) is 6.04 Å². The van der Waals surface area contributed by atoms with E-state index in [-0.39, 0.29) is 18.6 Å². The molecular formula is C13H17ClN2O2. The quantitative estimate of drug-likeness (QED) is 0.851. The number of piperazine rings is 1. The lowest BCUT2D eigenvalue weighted by Crippen LogP contribution is -2.61. The Bertz CT molecular complexity index is 464. The van der Waals surface area contributed by atoms with Crippen LogP contribution in [0.2, 0.25) is 5.02 Å². The number of anilines is 1. The molecule has 0 aliphatic carbocycles. The van der Waals surface area contributed by atoms with Crippen molar-refractivity contribution >= 4 is 23.2 Å². The highest BCUT2D eigenvalue weighted by Crippen LogP contribution is 2.30. The minimum Gasteiger partial charge on any atom is -0.394 e. The van der Waals surface area contributed by atoms with Crippen molar-refractivity contribution in [2.75, 3.05) is 18.1 Å². The Balaban J connectivity index is 2.45. The van der Waals surface area contributed by atoms with Crippen LogP contribution in [0.4, 0.5) is 5.69 Å². The Kier molecular flexibility index (Phi) is 3.78. The van der Waals surface area contributed by atoms with Crippen LogP contribution in [-0.2, 0) is 4.79 Å². The Labute approximate surface area is 112 Å².